The van der Waals surface area contributed by atoms with Crippen molar-refractivity contribution in [2.45, 2.75) is 18.4 Å². The molecule has 5 nitrogen and oxygen atoms in total. The van der Waals surface area contributed by atoms with Gasteiger partial charge in [-0.25, -0.2) is 0 Å². The lowest BCUT2D eigenvalue weighted by Gasteiger charge is -2.32. The van der Waals surface area contributed by atoms with Crippen LogP contribution in [0.5, 0.6) is 11.5 Å². The van der Waals surface area contributed by atoms with Gasteiger partial charge < -0.3 is 20.1 Å². The lowest BCUT2D eigenvalue weighted by Crippen LogP contribution is -2.33. The molecule has 0 radical (unpaired) electrons. The second kappa shape index (κ2) is 7.32. The standard InChI is InChI=1S/C24H19ClN2O3S/c25-15-11-21-20(29-12-30-21)10-14(15)24-23-18(26-16-4-1-2-5-17(16)27-24)8-13(9-19(23)28)22-6-3-7-31-22/h1-8,10-11,13,23-24,26-27H,9,12H2. The fourth-order valence-electron chi connectivity index (χ4n) is 4.62. The van der Waals surface area contributed by atoms with Crippen molar-refractivity contribution in [2.75, 3.05) is 17.4 Å². The molecule has 0 saturated heterocycles. The van der Waals surface area contributed by atoms with Gasteiger partial charge in [0.15, 0.2) is 11.5 Å². The summed E-state index contributed by atoms with van der Waals surface area (Å²) in [6, 6.07) is 15.4. The summed E-state index contributed by atoms with van der Waals surface area (Å²) in [7, 11) is 0. The van der Waals surface area contributed by atoms with Crippen LogP contribution in [0, 0.1) is 5.92 Å². The molecule has 3 heterocycles. The van der Waals surface area contributed by atoms with Gasteiger partial charge in [0, 0.05) is 34.0 Å². The molecule has 31 heavy (non-hydrogen) atoms. The number of para-hydroxylation sites is 2. The molecule has 1 aliphatic carbocycles. The molecule has 6 rings (SSSR count). The molecular formula is C24H19ClN2O3S. The van der Waals surface area contributed by atoms with E-state index in [0.29, 0.717) is 22.9 Å². The predicted octanol–water partition coefficient (Wildman–Crippen LogP) is 5.97. The van der Waals surface area contributed by atoms with Gasteiger partial charge >= 0.3 is 0 Å². The van der Waals surface area contributed by atoms with E-state index >= 15 is 0 Å². The van der Waals surface area contributed by atoms with Crippen molar-refractivity contribution in [2.24, 2.45) is 5.92 Å². The van der Waals surface area contributed by atoms with E-state index in [-0.39, 0.29) is 30.5 Å². The minimum atomic E-state index is -0.388. The number of nitrogens with one attached hydrogen (secondary N) is 2. The van der Waals surface area contributed by atoms with Crippen molar-refractivity contribution >= 4 is 40.1 Å². The number of fused-ring (bicyclic) bond motifs is 3. The molecule has 3 unspecified atom stereocenters. The maximum absolute atomic E-state index is 13.6. The fraction of sp³-hybridized carbons (Fsp3) is 0.208. The summed E-state index contributed by atoms with van der Waals surface area (Å²) in [5.74, 6) is 1.15. The number of ether oxygens (including phenoxy) is 2. The van der Waals surface area contributed by atoms with Gasteiger partial charge in [0.1, 0.15) is 5.78 Å². The molecule has 2 aromatic carbocycles. The molecule has 0 bridgehead atoms. The highest BCUT2D eigenvalue weighted by Crippen LogP contribution is 2.48. The van der Waals surface area contributed by atoms with Crippen LogP contribution in [-0.4, -0.2) is 12.6 Å². The summed E-state index contributed by atoms with van der Waals surface area (Å²) in [4.78, 5) is 14.7. The number of Topliss-reactive ketones (excluding diaryl/α,β-unsaturated/α-hetero) is 1. The molecule has 3 aliphatic rings. The molecule has 0 amide bonds. The third-order valence-electron chi connectivity index (χ3n) is 6.07. The van der Waals surface area contributed by atoms with Crippen LogP contribution in [0.15, 0.2) is 65.7 Å². The Bertz CT molecular complexity index is 1210. The third kappa shape index (κ3) is 3.18. The van der Waals surface area contributed by atoms with Crippen LogP contribution in [0.1, 0.15) is 28.8 Å². The zero-order chi connectivity index (χ0) is 20.9. The summed E-state index contributed by atoms with van der Waals surface area (Å²) in [5.41, 5.74) is 3.60. The van der Waals surface area contributed by atoms with Gasteiger partial charge in [-0.3, -0.25) is 4.79 Å². The van der Waals surface area contributed by atoms with Crippen molar-refractivity contribution in [1.82, 2.24) is 0 Å². The number of thiophene rings is 1. The zero-order valence-electron chi connectivity index (χ0n) is 16.4. The number of allylic oxidation sites excluding steroid dienone is 1. The number of anilines is 2. The van der Waals surface area contributed by atoms with Crippen molar-refractivity contribution in [1.29, 1.82) is 0 Å². The number of benzene rings is 2. The molecular weight excluding hydrogens is 432 g/mol. The Labute approximate surface area is 188 Å². The zero-order valence-corrected chi connectivity index (χ0v) is 18.0. The van der Waals surface area contributed by atoms with E-state index in [9.17, 15) is 4.79 Å². The highest BCUT2D eigenvalue weighted by molar-refractivity contribution is 7.10. The third-order valence-corrected chi connectivity index (χ3v) is 7.40. The Morgan fingerprint density at radius 1 is 1.03 bits per heavy atom. The van der Waals surface area contributed by atoms with E-state index in [2.05, 4.69) is 28.2 Å². The molecule has 0 saturated carbocycles. The monoisotopic (exact) mass is 450 g/mol. The maximum atomic E-state index is 13.6. The molecule has 156 valence electrons. The normalized spacial score (nSPS) is 23.7. The minimum Gasteiger partial charge on any atom is -0.454 e. The minimum absolute atomic E-state index is 0.0735. The first kappa shape index (κ1) is 18.8. The molecule has 2 N–H and O–H groups in total. The van der Waals surface area contributed by atoms with E-state index in [1.54, 1.807) is 17.4 Å². The van der Waals surface area contributed by atoms with Crippen molar-refractivity contribution in [3.05, 3.63) is 81.1 Å². The number of rotatable bonds is 2. The van der Waals surface area contributed by atoms with Gasteiger partial charge in [0.25, 0.3) is 0 Å². The second-order valence-electron chi connectivity index (χ2n) is 7.91. The second-order valence-corrected chi connectivity index (χ2v) is 9.30. The fourth-order valence-corrected chi connectivity index (χ4v) is 5.69. The van der Waals surface area contributed by atoms with Gasteiger partial charge in [-0.05, 0) is 35.2 Å². The van der Waals surface area contributed by atoms with E-state index in [0.717, 1.165) is 22.6 Å². The van der Waals surface area contributed by atoms with Gasteiger partial charge in [-0.2, -0.15) is 0 Å². The lowest BCUT2D eigenvalue weighted by molar-refractivity contribution is -0.122. The van der Waals surface area contributed by atoms with Crippen molar-refractivity contribution in [3.8, 4) is 11.5 Å². The van der Waals surface area contributed by atoms with Gasteiger partial charge in [0.05, 0.1) is 23.3 Å². The summed E-state index contributed by atoms with van der Waals surface area (Å²) in [6.45, 7) is 0.174. The predicted molar refractivity (Wildman–Crippen MR) is 122 cm³/mol. The van der Waals surface area contributed by atoms with Crippen LogP contribution in [-0.2, 0) is 4.79 Å². The van der Waals surface area contributed by atoms with Crippen LogP contribution < -0.4 is 20.1 Å². The number of carbonyl (C=O) groups is 1. The van der Waals surface area contributed by atoms with Gasteiger partial charge in [0.2, 0.25) is 6.79 Å². The summed E-state index contributed by atoms with van der Waals surface area (Å²) in [6.07, 6.45) is 2.67. The average Bonchev–Trinajstić information content (AvgIpc) is 3.42. The summed E-state index contributed by atoms with van der Waals surface area (Å²) in [5, 5.41) is 9.73. The van der Waals surface area contributed by atoms with Crippen molar-refractivity contribution in [3.63, 3.8) is 0 Å². The molecule has 1 aromatic heterocycles. The molecule has 0 fully saturated rings. The van der Waals surface area contributed by atoms with Gasteiger partial charge in [-0.15, -0.1) is 11.3 Å². The van der Waals surface area contributed by atoms with Gasteiger partial charge in [-0.1, -0.05) is 35.9 Å². The van der Waals surface area contributed by atoms with Crippen LogP contribution in [0.4, 0.5) is 11.4 Å². The van der Waals surface area contributed by atoms with Crippen LogP contribution in [0.3, 0.4) is 0 Å². The van der Waals surface area contributed by atoms with E-state index < -0.39 is 0 Å². The topological polar surface area (TPSA) is 59.6 Å². The van der Waals surface area contributed by atoms with E-state index in [4.69, 9.17) is 21.1 Å². The molecule has 2 aliphatic heterocycles. The highest BCUT2D eigenvalue weighted by Gasteiger charge is 2.41. The Morgan fingerprint density at radius 2 is 1.84 bits per heavy atom. The first-order valence-electron chi connectivity index (χ1n) is 10.2. The lowest BCUT2D eigenvalue weighted by atomic mass is 9.78. The number of hydrogen-bond acceptors (Lipinski definition) is 6. The quantitative estimate of drug-likeness (QED) is 0.504. The van der Waals surface area contributed by atoms with Crippen LogP contribution >= 0.6 is 22.9 Å². The first-order valence-corrected chi connectivity index (χ1v) is 11.4. The Hall–Kier alpha value is -2.96. The number of carbonyl (C=O) groups excluding carboxylic acids is 1. The molecule has 0 spiro atoms. The average molecular weight is 451 g/mol. The molecule has 3 atom stereocenters. The Balaban J connectivity index is 1.50. The molecule has 7 heteroatoms. The maximum Gasteiger partial charge on any atom is 0.231 e. The van der Waals surface area contributed by atoms with E-state index in [1.807, 2.05) is 36.4 Å². The Morgan fingerprint density at radius 3 is 2.65 bits per heavy atom. The highest BCUT2D eigenvalue weighted by atomic mass is 35.5. The smallest absolute Gasteiger partial charge is 0.231 e. The van der Waals surface area contributed by atoms with E-state index in [1.165, 1.54) is 4.88 Å². The summed E-state index contributed by atoms with van der Waals surface area (Å²) >= 11 is 8.37. The first-order chi connectivity index (χ1) is 15.2. The largest absolute Gasteiger partial charge is 0.454 e. The Kier molecular flexibility index (Phi) is 4.44. The SMILES string of the molecule is O=C1CC(c2cccs2)C=C2Nc3ccccc3NC(c3cc4c(cc3Cl)OCO4)C12. The van der Waals surface area contributed by atoms with Crippen LogP contribution in [0.25, 0.3) is 0 Å². The van der Waals surface area contributed by atoms with Crippen molar-refractivity contribution < 1.29 is 14.3 Å². The number of ketones is 1. The summed E-state index contributed by atoms with van der Waals surface area (Å²) < 4.78 is 11.1. The number of hydrogen-bond donors (Lipinski definition) is 2. The number of halogens is 1. The molecule has 3 aromatic rings. The van der Waals surface area contributed by atoms with Crippen LogP contribution in [0.2, 0.25) is 5.02 Å².